The number of carbonyl (C=O) groups is 1. The van der Waals surface area contributed by atoms with Gasteiger partial charge in [0.05, 0.1) is 18.0 Å². The lowest BCUT2D eigenvalue weighted by Gasteiger charge is -2.01. The van der Waals surface area contributed by atoms with Crippen LogP contribution in [0.25, 0.3) is 0 Å². The average Bonchev–Trinajstić information content (AvgIpc) is 2.82. The van der Waals surface area contributed by atoms with Crippen LogP contribution in [0.4, 0.5) is 0 Å². The first-order valence-corrected chi connectivity index (χ1v) is 5.96. The van der Waals surface area contributed by atoms with Crippen molar-refractivity contribution >= 4 is 34.7 Å². The third-order valence-corrected chi connectivity index (χ3v) is 2.96. The maximum atomic E-state index is 11.7. The van der Waals surface area contributed by atoms with Crippen LogP contribution in [0.5, 0.6) is 0 Å². The lowest BCUT2D eigenvalue weighted by atomic mass is 10.2. The Morgan fingerprint density at radius 1 is 1.29 bits per heavy atom. The van der Waals surface area contributed by atoms with E-state index in [2.05, 4.69) is 33.1 Å². The number of hydrogen-bond donors (Lipinski definition) is 1. The molecule has 5 heteroatoms. The van der Waals surface area contributed by atoms with Gasteiger partial charge in [0.1, 0.15) is 5.76 Å². The van der Waals surface area contributed by atoms with Gasteiger partial charge in [0.25, 0.3) is 5.91 Å². The number of nitrogens with one attached hydrogen (secondary N) is 1. The summed E-state index contributed by atoms with van der Waals surface area (Å²) in [6, 6.07) is 10.8. The molecule has 0 unspecified atom stereocenters. The summed E-state index contributed by atoms with van der Waals surface area (Å²) in [5.74, 6) is 0.353. The summed E-state index contributed by atoms with van der Waals surface area (Å²) in [5, 5.41) is 3.81. The zero-order valence-electron chi connectivity index (χ0n) is 8.76. The molecule has 1 aromatic heterocycles. The Morgan fingerprint density at radius 2 is 2.12 bits per heavy atom. The molecule has 1 N–H and O–H groups in total. The number of rotatable bonds is 3. The maximum Gasteiger partial charge on any atom is 0.272 e. The van der Waals surface area contributed by atoms with Crippen molar-refractivity contribution in [1.29, 1.82) is 0 Å². The van der Waals surface area contributed by atoms with Crippen LogP contribution in [0.2, 0.25) is 0 Å². The molecular formula is C12H9IN2O2. The molecule has 1 heterocycles. The van der Waals surface area contributed by atoms with E-state index in [1.165, 1.54) is 6.21 Å². The van der Waals surface area contributed by atoms with E-state index in [9.17, 15) is 4.79 Å². The first-order chi connectivity index (χ1) is 8.27. The fourth-order valence-electron chi connectivity index (χ4n) is 1.22. The number of hydrazone groups is 1. The predicted molar refractivity (Wildman–Crippen MR) is 72.9 cm³/mol. The fourth-order valence-corrected chi connectivity index (χ4v) is 1.86. The maximum absolute atomic E-state index is 11.7. The molecule has 1 amide bonds. The molecule has 0 bridgehead atoms. The van der Waals surface area contributed by atoms with Gasteiger partial charge in [-0.05, 0) is 46.9 Å². The molecule has 1 aromatic carbocycles. The number of benzene rings is 1. The standard InChI is InChI=1S/C12H9IN2O2/c13-11-6-2-1-5-10(11)12(16)15-14-8-9-4-3-7-17-9/h1-8H,(H,15,16). The van der Waals surface area contributed by atoms with Crippen LogP contribution in [-0.4, -0.2) is 12.1 Å². The molecule has 86 valence electrons. The van der Waals surface area contributed by atoms with Crippen molar-refractivity contribution in [1.82, 2.24) is 5.43 Å². The van der Waals surface area contributed by atoms with E-state index in [-0.39, 0.29) is 5.91 Å². The van der Waals surface area contributed by atoms with Gasteiger partial charge in [-0.1, -0.05) is 12.1 Å². The van der Waals surface area contributed by atoms with Gasteiger partial charge in [-0.15, -0.1) is 0 Å². The predicted octanol–water partition coefficient (Wildman–Crippen LogP) is 2.65. The van der Waals surface area contributed by atoms with E-state index in [0.29, 0.717) is 11.3 Å². The number of amides is 1. The molecule has 0 radical (unpaired) electrons. The Hall–Kier alpha value is -1.63. The molecule has 4 nitrogen and oxygen atoms in total. The second-order valence-corrected chi connectivity index (χ2v) is 4.36. The van der Waals surface area contributed by atoms with Crippen LogP contribution >= 0.6 is 22.6 Å². The SMILES string of the molecule is O=C(NN=Cc1ccco1)c1ccccc1I. The molecule has 2 rings (SSSR count). The minimum absolute atomic E-state index is 0.238. The number of hydrogen-bond acceptors (Lipinski definition) is 3. The first kappa shape index (κ1) is 11.8. The van der Waals surface area contributed by atoms with E-state index < -0.39 is 0 Å². The van der Waals surface area contributed by atoms with Gasteiger partial charge in [-0.2, -0.15) is 5.10 Å². The Balaban J connectivity index is 2.01. The van der Waals surface area contributed by atoms with Gasteiger partial charge in [0.2, 0.25) is 0 Å². The average molecular weight is 340 g/mol. The van der Waals surface area contributed by atoms with Crippen molar-refractivity contribution in [2.45, 2.75) is 0 Å². The second-order valence-electron chi connectivity index (χ2n) is 3.19. The number of halogens is 1. The van der Waals surface area contributed by atoms with Crippen molar-refractivity contribution in [3.05, 3.63) is 57.6 Å². The summed E-state index contributed by atoms with van der Waals surface area (Å²) in [6.07, 6.45) is 3.00. The first-order valence-electron chi connectivity index (χ1n) is 4.89. The van der Waals surface area contributed by atoms with Crippen molar-refractivity contribution in [3.8, 4) is 0 Å². The minimum atomic E-state index is -0.238. The van der Waals surface area contributed by atoms with Gasteiger partial charge in [0, 0.05) is 3.57 Å². The molecule has 0 aliphatic heterocycles. The topological polar surface area (TPSA) is 54.6 Å². The molecule has 0 fully saturated rings. The molecule has 0 spiro atoms. The van der Waals surface area contributed by atoms with Crippen LogP contribution in [0, 0.1) is 3.57 Å². The third-order valence-electron chi connectivity index (χ3n) is 2.02. The molecule has 0 aliphatic rings. The van der Waals surface area contributed by atoms with Crippen LogP contribution in [0.3, 0.4) is 0 Å². The van der Waals surface area contributed by atoms with E-state index in [1.807, 2.05) is 18.2 Å². The van der Waals surface area contributed by atoms with Crippen LogP contribution in [0.1, 0.15) is 16.1 Å². The normalized spacial score (nSPS) is 10.6. The molecular weight excluding hydrogens is 331 g/mol. The monoisotopic (exact) mass is 340 g/mol. The molecule has 0 atom stereocenters. The van der Waals surface area contributed by atoms with Crippen molar-refractivity contribution in [3.63, 3.8) is 0 Å². The van der Waals surface area contributed by atoms with Gasteiger partial charge < -0.3 is 4.42 Å². The van der Waals surface area contributed by atoms with Crippen LogP contribution in [0.15, 0.2) is 52.2 Å². The van der Waals surface area contributed by atoms with Crippen molar-refractivity contribution in [2.24, 2.45) is 5.10 Å². The molecule has 2 aromatic rings. The Kier molecular flexibility index (Phi) is 3.92. The van der Waals surface area contributed by atoms with E-state index >= 15 is 0 Å². The lowest BCUT2D eigenvalue weighted by Crippen LogP contribution is -2.18. The fraction of sp³-hybridized carbons (Fsp3) is 0. The van der Waals surface area contributed by atoms with E-state index in [4.69, 9.17) is 4.42 Å². The summed E-state index contributed by atoms with van der Waals surface area (Å²) >= 11 is 2.11. The largest absolute Gasteiger partial charge is 0.463 e. The number of carbonyl (C=O) groups excluding carboxylic acids is 1. The Labute approximate surface area is 112 Å². The van der Waals surface area contributed by atoms with Gasteiger partial charge >= 0.3 is 0 Å². The number of nitrogens with zero attached hydrogens (tertiary/aromatic N) is 1. The zero-order chi connectivity index (χ0) is 12.1. The summed E-state index contributed by atoms with van der Waals surface area (Å²) < 4.78 is 5.93. The highest BCUT2D eigenvalue weighted by Crippen LogP contribution is 2.10. The van der Waals surface area contributed by atoms with Crippen molar-refractivity contribution in [2.75, 3.05) is 0 Å². The molecule has 17 heavy (non-hydrogen) atoms. The van der Waals surface area contributed by atoms with Crippen LogP contribution < -0.4 is 5.43 Å². The molecule has 0 aliphatic carbocycles. The highest BCUT2D eigenvalue weighted by atomic mass is 127. The summed E-state index contributed by atoms with van der Waals surface area (Å²) in [6.45, 7) is 0. The van der Waals surface area contributed by atoms with E-state index in [0.717, 1.165) is 3.57 Å². The highest BCUT2D eigenvalue weighted by Gasteiger charge is 2.07. The minimum Gasteiger partial charge on any atom is -0.463 e. The van der Waals surface area contributed by atoms with Gasteiger partial charge in [-0.3, -0.25) is 4.79 Å². The summed E-state index contributed by atoms with van der Waals surface area (Å²) in [5.41, 5.74) is 3.05. The summed E-state index contributed by atoms with van der Waals surface area (Å²) in [4.78, 5) is 11.7. The smallest absolute Gasteiger partial charge is 0.272 e. The van der Waals surface area contributed by atoms with Crippen LogP contribution in [-0.2, 0) is 0 Å². The van der Waals surface area contributed by atoms with E-state index in [1.54, 1.807) is 24.5 Å². The lowest BCUT2D eigenvalue weighted by molar-refractivity contribution is 0.0954. The zero-order valence-corrected chi connectivity index (χ0v) is 10.9. The molecule has 0 saturated carbocycles. The van der Waals surface area contributed by atoms with Gasteiger partial charge in [-0.25, -0.2) is 5.43 Å². The number of furan rings is 1. The summed E-state index contributed by atoms with van der Waals surface area (Å²) in [7, 11) is 0. The van der Waals surface area contributed by atoms with Gasteiger partial charge in [0.15, 0.2) is 0 Å². The quantitative estimate of drug-likeness (QED) is 0.531. The second kappa shape index (κ2) is 5.62. The molecule has 0 saturated heterocycles. The Morgan fingerprint density at radius 3 is 2.82 bits per heavy atom. The highest BCUT2D eigenvalue weighted by molar-refractivity contribution is 14.1. The third kappa shape index (κ3) is 3.16. The Bertz CT molecular complexity index is 535. The van der Waals surface area contributed by atoms with Crippen molar-refractivity contribution < 1.29 is 9.21 Å².